The SMILES string of the molecule is CC(C)Cn1ncc2cc(Br)c(F)cc21. The number of rotatable bonds is 2. The van der Waals surface area contributed by atoms with Crippen LogP contribution in [0.3, 0.4) is 0 Å². The smallest absolute Gasteiger partial charge is 0.139 e. The highest BCUT2D eigenvalue weighted by atomic mass is 79.9. The first kappa shape index (κ1) is 10.6. The van der Waals surface area contributed by atoms with Gasteiger partial charge in [-0.2, -0.15) is 5.10 Å². The number of benzene rings is 1. The van der Waals surface area contributed by atoms with Crippen molar-refractivity contribution >= 4 is 26.8 Å². The Morgan fingerprint density at radius 3 is 2.87 bits per heavy atom. The van der Waals surface area contributed by atoms with Crippen molar-refractivity contribution in [3.05, 3.63) is 28.6 Å². The molecule has 1 aromatic carbocycles. The minimum Gasteiger partial charge on any atom is -0.265 e. The summed E-state index contributed by atoms with van der Waals surface area (Å²) in [4.78, 5) is 0. The van der Waals surface area contributed by atoms with Crippen molar-refractivity contribution in [1.29, 1.82) is 0 Å². The molecule has 2 nitrogen and oxygen atoms in total. The molecular weight excluding hydrogens is 259 g/mol. The van der Waals surface area contributed by atoms with E-state index in [0.717, 1.165) is 17.4 Å². The second-order valence-corrected chi connectivity index (χ2v) is 4.90. The van der Waals surface area contributed by atoms with E-state index < -0.39 is 0 Å². The zero-order chi connectivity index (χ0) is 11.0. The van der Waals surface area contributed by atoms with Gasteiger partial charge in [0.15, 0.2) is 0 Å². The van der Waals surface area contributed by atoms with Crippen LogP contribution in [0.1, 0.15) is 13.8 Å². The maximum atomic E-state index is 13.4. The third-order valence-corrected chi connectivity index (χ3v) is 2.83. The van der Waals surface area contributed by atoms with E-state index in [2.05, 4.69) is 34.9 Å². The van der Waals surface area contributed by atoms with Crippen LogP contribution in [-0.4, -0.2) is 9.78 Å². The van der Waals surface area contributed by atoms with E-state index in [1.807, 2.05) is 4.68 Å². The number of hydrogen-bond donors (Lipinski definition) is 0. The molecule has 0 bridgehead atoms. The van der Waals surface area contributed by atoms with Crippen LogP contribution in [0.15, 0.2) is 22.8 Å². The highest BCUT2D eigenvalue weighted by molar-refractivity contribution is 9.10. The molecule has 0 aliphatic rings. The van der Waals surface area contributed by atoms with Crippen LogP contribution in [0.2, 0.25) is 0 Å². The van der Waals surface area contributed by atoms with Gasteiger partial charge in [-0.25, -0.2) is 4.39 Å². The highest BCUT2D eigenvalue weighted by Gasteiger charge is 2.08. The molecule has 80 valence electrons. The molecule has 1 heterocycles. The van der Waals surface area contributed by atoms with Gasteiger partial charge < -0.3 is 0 Å². The Bertz CT molecular complexity index is 491. The molecule has 4 heteroatoms. The third kappa shape index (κ3) is 2.04. The molecule has 0 saturated heterocycles. The zero-order valence-corrected chi connectivity index (χ0v) is 10.3. The lowest BCUT2D eigenvalue weighted by Crippen LogP contribution is -2.05. The summed E-state index contributed by atoms with van der Waals surface area (Å²) in [5.74, 6) is 0.257. The Hall–Kier alpha value is -0.900. The summed E-state index contributed by atoms with van der Waals surface area (Å²) in [5.41, 5.74) is 0.851. The van der Waals surface area contributed by atoms with Crippen molar-refractivity contribution in [2.75, 3.05) is 0 Å². The van der Waals surface area contributed by atoms with Crippen molar-refractivity contribution in [2.45, 2.75) is 20.4 Å². The van der Waals surface area contributed by atoms with E-state index in [4.69, 9.17) is 0 Å². The van der Waals surface area contributed by atoms with E-state index >= 15 is 0 Å². The summed E-state index contributed by atoms with van der Waals surface area (Å²) in [5, 5.41) is 5.21. The van der Waals surface area contributed by atoms with Crippen molar-refractivity contribution < 1.29 is 4.39 Å². The molecule has 0 aliphatic carbocycles. The summed E-state index contributed by atoms with van der Waals surface area (Å²) in [6.07, 6.45) is 1.77. The lowest BCUT2D eigenvalue weighted by Gasteiger charge is -2.06. The minimum absolute atomic E-state index is 0.243. The molecule has 0 fully saturated rings. The summed E-state index contributed by atoms with van der Waals surface area (Å²) in [7, 11) is 0. The van der Waals surface area contributed by atoms with Crippen LogP contribution >= 0.6 is 15.9 Å². The second kappa shape index (κ2) is 3.93. The first-order valence-corrected chi connectivity index (χ1v) is 5.68. The van der Waals surface area contributed by atoms with Gasteiger partial charge in [0.25, 0.3) is 0 Å². The number of halogens is 2. The van der Waals surface area contributed by atoms with Gasteiger partial charge in [-0.05, 0) is 27.9 Å². The summed E-state index contributed by atoms with van der Waals surface area (Å²) in [6, 6.07) is 3.28. The normalized spacial score (nSPS) is 11.5. The average molecular weight is 271 g/mol. The van der Waals surface area contributed by atoms with Crippen molar-refractivity contribution in [3.63, 3.8) is 0 Å². The maximum Gasteiger partial charge on any atom is 0.139 e. The molecular formula is C11H12BrFN2. The van der Waals surface area contributed by atoms with Gasteiger partial charge in [0.05, 0.1) is 16.2 Å². The molecule has 0 spiro atoms. The molecule has 0 radical (unpaired) electrons. The standard InChI is InChI=1S/C11H12BrFN2/c1-7(2)6-15-11-4-10(13)9(12)3-8(11)5-14-15/h3-5,7H,6H2,1-2H3. The fourth-order valence-corrected chi connectivity index (χ4v) is 1.93. The van der Waals surface area contributed by atoms with Gasteiger partial charge in [0.2, 0.25) is 0 Å². The first-order valence-electron chi connectivity index (χ1n) is 4.88. The predicted octanol–water partition coefficient (Wildman–Crippen LogP) is 3.59. The molecule has 0 saturated carbocycles. The van der Waals surface area contributed by atoms with Crippen molar-refractivity contribution in [1.82, 2.24) is 9.78 Å². The van der Waals surface area contributed by atoms with Gasteiger partial charge in [-0.15, -0.1) is 0 Å². The van der Waals surface area contributed by atoms with Crippen LogP contribution in [0.4, 0.5) is 4.39 Å². The van der Waals surface area contributed by atoms with Crippen molar-refractivity contribution in [3.8, 4) is 0 Å². The quantitative estimate of drug-likeness (QED) is 0.816. The largest absolute Gasteiger partial charge is 0.265 e. The lowest BCUT2D eigenvalue weighted by molar-refractivity contribution is 0.494. The lowest BCUT2D eigenvalue weighted by atomic mass is 10.2. The van der Waals surface area contributed by atoms with E-state index in [1.165, 1.54) is 6.07 Å². The first-order chi connectivity index (χ1) is 7.08. The number of fused-ring (bicyclic) bond motifs is 1. The van der Waals surface area contributed by atoms with Crippen LogP contribution in [0, 0.1) is 11.7 Å². The van der Waals surface area contributed by atoms with Crippen LogP contribution in [0.25, 0.3) is 10.9 Å². The molecule has 2 rings (SSSR count). The molecule has 0 N–H and O–H groups in total. The van der Waals surface area contributed by atoms with E-state index in [-0.39, 0.29) is 5.82 Å². The third-order valence-electron chi connectivity index (χ3n) is 2.22. The van der Waals surface area contributed by atoms with Gasteiger partial charge >= 0.3 is 0 Å². The maximum absolute atomic E-state index is 13.4. The zero-order valence-electron chi connectivity index (χ0n) is 8.67. The van der Waals surface area contributed by atoms with Gasteiger partial charge in [-0.1, -0.05) is 13.8 Å². The molecule has 15 heavy (non-hydrogen) atoms. The molecule has 1 aromatic heterocycles. The number of aromatic nitrogens is 2. The molecule has 0 amide bonds. The highest BCUT2D eigenvalue weighted by Crippen LogP contribution is 2.23. The van der Waals surface area contributed by atoms with Crippen LogP contribution in [-0.2, 0) is 6.54 Å². The Kier molecular flexibility index (Phi) is 2.78. The van der Waals surface area contributed by atoms with E-state index in [0.29, 0.717) is 10.4 Å². The van der Waals surface area contributed by atoms with E-state index in [9.17, 15) is 4.39 Å². The average Bonchev–Trinajstić information content (AvgIpc) is 2.49. The van der Waals surface area contributed by atoms with Crippen LogP contribution < -0.4 is 0 Å². The van der Waals surface area contributed by atoms with Gasteiger partial charge in [0.1, 0.15) is 5.82 Å². The Balaban J connectivity index is 2.54. The summed E-state index contributed by atoms with van der Waals surface area (Å²) in [6.45, 7) is 5.04. The van der Waals surface area contributed by atoms with Crippen molar-refractivity contribution in [2.24, 2.45) is 5.92 Å². The predicted molar refractivity (Wildman–Crippen MR) is 62.2 cm³/mol. The number of nitrogens with zero attached hydrogens (tertiary/aromatic N) is 2. The topological polar surface area (TPSA) is 17.8 Å². The molecule has 0 aliphatic heterocycles. The molecule has 2 aromatic rings. The van der Waals surface area contributed by atoms with Gasteiger partial charge in [0, 0.05) is 18.0 Å². The monoisotopic (exact) mass is 270 g/mol. The fraction of sp³-hybridized carbons (Fsp3) is 0.364. The molecule has 0 unspecified atom stereocenters. The fourth-order valence-electron chi connectivity index (χ4n) is 1.56. The Morgan fingerprint density at radius 1 is 1.47 bits per heavy atom. The second-order valence-electron chi connectivity index (χ2n) is 4.05. The summed E-state index contributed by atoms with van der Waals surface area (Å²) >= 11 is 3.16. The summed E-state index contributed by atoms with van der Waals surface area (Å²) < 4.78 is 15.7. The Labute approximate surface area is 96.2 Å². The number of hydrogen-bond acceptors (Lipinski definition) is 1. The van der Waals surface area contributed by atoms with Gasteiger partial charge in [-0.3, -0.25) is 4.68 Å². The molecule has 0 atom stereocenters. The Morgan fingerprint density at radius 2 is 2.20 bits per heavy atom. The minimum atomic E-state index is -0.243. The van der Waals surface area contributed by atoms with E-state index in [1.54, 1.807) is 12.3 Å². The van der Waals surface area contributed by atoms with Crippen LogP contribution in [0.5, 0.6) is 0 Å².